The molecule has 0 aliphatic heterocycles. The van der Waals surface area contributed by atoms with Crippen molar-refractivity contribution in [2.24, 2.45) is 11.8 Å². The van der Waals surface area contributed by atoms with Gasteiger partial charge in [-0.25, -0.2) is 0 Å². The Morgan fingerprint density at radius 1 is 1.15 bits per heavy atom. The van der Waals surface area contributed by atoms with Crippen molar-refractivity contribution in [3.05, 3.63) is 0 Å². The van der Waals surface area contributed by atoms with E-state index in [1.165, 1.54) is 32.1 Å². The van der Waals surface area contributed by atoms with Crippen molar-refractivity contribution < 1.29 is 0 Å². The summed E-state index contributed by atoms with van der Waals surface area (Å²) in [4.78, 5) is 2.42. The highest BCUT2D eigenvalue weighted by Crippen LogP contribution is 2.33. The zero-order valence-electron chi connectivity index (χ0n) is 9.71. The van der Waals surface area contributed by atoms with Crippen LogP contribution < -0.4 is 0 Å². The SMILES string of the molecule is CCCC1CC(C)CC(N(C)C)C1. The van der Waals surface area contributed by atoms with E-state index in [0.717, 1.165) is 17.9 Å². The van der Waals surface area contributed by atoms with Crippen LogP contribution in [0.25, 0.3) is 0 Å². The first-order chi connectivity index (χ1) is 6.13. The lowest BCUT2D eigenvalue weighted by molar-refractivity contribution is 0.143. The molecule has 0 N–H and O–H groups in total. The monoisotopic (exact) mass is 183 g/mol. The first-order valence-electron chi connectivity index (χ1n) is 5.79. The van der Waals surface area contributed by atoms with Gasteiger partial charge in [0, 0.05) is 6.04 Å². The summed E-state index contributed by atoms with van der Waals surface area (Å²) in [5, 5.41) is 0. The molecule has 0 aromatic rings. The van der Waals surface area contributed by atoms with E-state index >= 15 is 0 Å². The average molecular weight is 183 g/mol. The topological polar surface area (TPSA) is 3.24 Å². The zero-order valence-corrected chi connectivity index (χ0v) is 9.71. The Labute approximate surface area is 83.5 Å². The van der Waals surface area contributed by atoms with Crippen LogP contribution in [-0.2, 0) is 0 Å². The molecule has 0 aromatic heterocycles. The molecule has 0 saturated heterocycles. The van der Waals surface area contributed by atoms with Gasteiger partial charge in [0.2, 0.25) is 0 Å². The summed E-state index contributed by atoms with van der Waals surface area (Å²) >= 11 is 0. The van der Waals surface area contributed by atoms with Gasteiger partial charge in [-0.05, 0) is 45.2 Å². The van der Waals surface area contributed by atoms with E-state index in [-0.39, 0.29) is 0 Å². The lowest BCUT2D eigenvalue weighted by atomic mass is 9.77. The van der Waals surface area contributed by atoms with Crippen LogP contribution in [0.1, 0.15) is 46.0 Å². The fourth-order valence-electron chi connectivity index (χ4n) is 2.77. The number of rotatable bonds is 3. The van der Waals surface area contributed by atoms with Crippen LogP contribution in [-0.4, -0.2) is 25.0 Å². The predicted molar refractivity (Wildman–Crippen MR) is 58.9 cm³/mol. The molecule has 1 heteroatoms. The smallest absolute Gasteiger partial charge is 0.00943 e. The Balaban J connectivity index is 2.42. The maximum atomic E-state index is 2.42. The van der Waals surface area contributed by atoms with Crippen LogP contribution in [0.4, 0.5) is 0 Å². The quantitative estimate of drug-likeness (QED) is 0.649. The summed E-state index contributed by atoms with van der Waals surface area (Å²) in [6.45, 7) is 4.72. The molecule has 0 amide bonds. The fraction of sp³-hybridized carbons (Fsp3) is 1.00. The molecular formula is C12H25N. The second kappa shape index (κ2) is 4.99. The van der Waals surface area contributed by atoms with Crippen LogP contribution in [0.3, 0.4) is 0 Å². The second-order valence-corrected chi connectivity index (χ2v) is 5.08. The molecule has 1 nitrogen and oxygen atoms in total. The van der Waals surface area contributed by atoms with Gasteiger partial charge in [-0.2, -0.15) is 0 Å². The Morgan fingerprint density at radius 3 is 2.38 bits per heavy atom. The lowest BCUT2D eigenvalue weighted by Crippen LogP contribution is -2.36. The van der Waals surface area contributed by atoms with Crippen LogP contribution in [0.2, 0.25) is 0 Å². The average Bonchev–Trinajstić information content (AvgIpc) is 2.03. The van der Waals surface area contributed by atoms with Gasteiger partial charge in [0.25, 0.3) is 0 Å². The van der Waals surface area contributed by atoms with Gasteiger partial charge < -0.3 is 4.90 Å². The van der Waals surface area contributed by atoms with Gasteiger partial charge in [0.1, 0.15) is 0 Å². The minimum absolute atomic E-state index is 0.847. The van der Waals surface area contributed by atoms with Crippen LogP contribution in [0.15, 0.2) is 0 Å². The van der Waals surface area contributed by atoms with Gasteiger partial charge in [-0.1, -0.05) is 26.7 Å². The van der Waals surface area contributed by atoms with Gasteiger partial charge >= 0.3 is 0 Å². The summed E-state index contributed by atoms with van der Waals surface area (Å²) in [6, 6.07) is 0.847. The molecule has 1 aliphatic carbocycles. The van der Waals surface area contributed by atoms with Crippen LogP contribution >= 0.6 is 0 Å². The van der Waals surface area contributed by atoms with E-state index in [2.05, 4.69) is 32.8 Å². The Hall–Kier alpha value is -0.0400. The minimum atomic E-state index is 0.847. The van der Waals surface area contributed by atoms with E-state index in [1.807, 2.05) is 0 Å². The lowest BCUT2D eigenvalue weighted by Gasteiger charge is -2.36. The summed E-state index contributed by atoms with van der Waals surface area (Å²) in [7, 11) is 4.46. The molecule has 3 atom stereocenters. The summed E-state index contributed by atoms with van der Waals surface area (Å²) in [5.41, 5.74) is 0. The summed E-state index contributed by atoms with van der Waals surface area (Å²) < 4.78 is 0. The van der Waals surface area contributed by atoms with Crippen molar-refractivity contribution in [1.82, 2.24) is 4.90 Å². The molecule has 1 fully saturated rings. The maximum Gasteiger partial charge on any atom is 0.00943 e. The van der Waals surface area contributed by atoms with Crippen molar-refractivity contribution in [1.29, 1.82) is 0 Å². The van der Waals surface area contributed by atoms with Gasteiger partial charge in [0.05, 0.1) is 0 Å². The maximum absolute atomic E-state index is 2.42. The molecule has 0 aromatic carbocycles. The molecule has 1 rings (SSSR count). The fourth-order valence-corrected chi connectivity index (χ4v) is 2.77. The van der Waals surface area contributed by atoms with Crippen LogP contribution in [0.5, 0.6) is 0 Å². The van der Waals surface area contributed by atoms with E-state index in [1.54, 1.807) is 0 Å². The molecule has 3 unspecified atom stereocenters. The molecule has 0 heterocycles. The Bertz CT molecular complexity index is 142. The standard InChI is InChI=1S/C12H25N/c1-5-6-11-7-10(2)8-12(9-11)13(3)4/h10-12H,5-9H2,1-4H3. The number of hydrogen-bond acceptors (Lipinski definition) is 1. The van der Waals surface area contributed by atoms with E-state index in [9.17, 15) is 0 Å². The van der Waals surface area contributed by atoms with Crippen molar-refractivity contribution in [2.75, 3.05) is 14.1 Å². The first kappa shape index (κ1) is 11.0. The molecule has 13 heavy (non-hydrogen) atoms. The van der Waals surface area contributed by atoms with Crippen molar-refractivity contribution >= 4 is 0 Å². The van der Waals surface area contributed by atoms with Crippen molar-refractivity contribution in [3.63, 3.8) is 0 Å². The third-order valence-corrected chi connectivity index (χ3v) is 3.44. The third-order valence-electron chi connectivity index (χ3n) is 3.44. The minimum Gasteiger partial charge on any atom is -0.306 e. The largest absolute Gasteiger partial charge is 0.306 e. The predicted octanol–water partition coefficient (Wildman–Crippen LogP) is 3.15. The second-order valence-electron chi connectivity index (χ2n) is 5.08. The number of hydrogen-bond donors (Lipinski definition) is 0. The molecule has 0 spiro atoms. The molecule has 1 saturated carbocycles. The molecular weight excluding hydrogens is 158 g/mol. The van der Waals surface area contributed by atoms with E-state index < -0.39 is 0 Å². The molecule has 1 aliphatic rings. The van der Waals surface area contributed by atoms with E-state index in [0.29, 0.717) is 0 Å². The third kappa shape index (κ3) is 3.30. The summed E-state index contributed by atoms with van der Waals surface area (Å²) in [5.74, 6) is 1.94. The van der Waals surface area contributed by atoms with Gasteiger partial charge in [-0.15, -0.1) is 0 Å². The van der Waals surface area contributed by atoms with Crippen molar-refractivity contribution in [3.8, 4) is 0 Å². The van der Waals surface area contributed by atoms with Gasteiger partial charge in [-0.3, -0.25) is 0 Å². The highest BCUT2D eigenvalue weighted by molar-refractivity contribution is 4.80. The molecule has 78 valence electrons. The number of nitrogens with zero attached hydrogens (tertiary/aromatic N) is 1. The highest BCUT2D eigenvalue weighted by Gasteiger charge is 2.26. The molecule has 0 bridgehead atoms. The van der Waals surface area contributed by atoms with Crippen LogP contribution in [0, 0.1) is 11.8 Å². The molecule has 0 radical (unpaired) electrons. The highest BCUT2D eigenvalue weighted by atomic mass is 15.1. The van der Waals surface area contributed by atoms with Gasteiger partial charge in [0.15, 0.2) is 0 Å². The Kier molecular flexibility index (Phi) is 4.24. The van der Waals surface area contributed by atoms with E-state index in [4.69, 9.17) is 0 Å². The Morgan fingerprint density at radius 2 is 1.85 bits per heavy atom. The van der Waals surface area contributed by atoms with Crippen molar-refractivity contribution in [2.45, 2.75) is 52.0 Å². The first-order valence-corrected chi connectivity index (χ1v) is 5.79. The normalized spacial score (nSPS) is 35.3. The zero-order chi connectivity index (χ0) is 9.84. The summed E-state index contributed by atoms with van der Waals surface area (Å²) in [6.07, 6.45) is 7.11.